The lowest BCUT2D eigenvalue weighted by molar-refractivity contribution is -0.118. The lowest BCUT2D eigenvalue weighted by atomic mass is 9.95. The zero-order valence-corrected chi connectivity index (χ0v) is 11.1. The molecule has 19 heavy (non-hydrogen) atoms. The highest BCUT2D eigenvalue weighted by atomic mass is 32.1. The molecular formula is C13H14N2O3S. The Morgan fingerprint density at radius 1 is 1.47 bits per heavy atom. The molecule has 6 heteroatoms. The number of phenols is 1. The van der Waals surface area contributed by atoms with Crippen LogP contribution in [0.4, 0.5) is 5.69 Å². The van der Waals surface area contributed by atoms with E-state index in [9.17, 15) is 14.7 Å². The number of hydrogen-bond acceptors (Lipinski definition) is 5. The normalized spacial score (nSPS) is 15.3. The van der Waals surface area contributed by atoms with Gasteiger partial charge in [-0.05, 0) is 24.1 Å². The predicted molar refractivity (Wildman–Crippen MR) is 75.4 cm³/mol. The molecule has 2 rings (SSSR count). The molecule has 100 valence electrons. The summed E-state index contributed by atoms with van der Waals surface area (Å²) in [4.78, 5) is 24.9. The Morgan fingerprint density at radius 3 is 2.84 bits per heavy atom. The van der Waals surface area contributed by atoms with Crippen molar-refractivity contribution in [3.8, 4) is 5.75 Å². The first-order valence-corrected chi connectivity index (χ1v) is 6.23. The minimum atomic E-state index is -0.126. The van der Waals surface area contributed by atoms with Crippen LogP contribution < -0.4 is 10.6 Å². The average molecular weight is 278 g/mol. The second-order valence-electron chi connectivity index (χ2n) is 4.26. The Morgan fingerprint density at radius 2 is 2.21 bits per heavy atom. The van der Waals surface area contributed by atoms with E-state index in [2.05, 4.69) is 12.6 Å². The van der Waals surface area contributed by atoms with Gasteiger partial charge in [-0.25, -0.2) is 0 Å². The third kappa shape index (κ3) is 2.44. The largest absolute Gasteiger partial charge is 0.506 e. The van der Waals surface area contributed by atoms with Crippen LogP contribution in [0.2, 0.25) is 0 Å². The number of anilines is 1. The highest BCUT2D eigenvalue weighted by Crippen LogP contribution is 2.38. The molecule has 0 bridgehead atoms. The summed E-state index contributed by atoms with van der Waals surface area (Å²) in [5.74, 6) is -0.147. The van der Waals surface area contributed by atoms with Crippen molar-refractivity contribution in [2.45, 2.75) is 12.8 Å². The molecule has 0 spiro atoms. The quantitative estimate of drug-likeness (QED) is 0.573. The number of carbonyl (C=O) groups is 2. The van der Waals surface area contributed by atoms with Crippen molar-refractivity contribution in [2.75, 3.05) is 11.4 Å². The number of aromatic hydroxyl groups is 1. The van der Waals surface area contributed by atoms with Gasteiger partial charge in [0, 0.05) is 23.1 Å². The molecule has 0 aliphatic carbocycles. The fourth-order valence-electron chi connectivity index (χ4n) is 2.19. The first-order chi connectivity index (χ1) is 9.08. The standard InChI is InChI=1S/C13H14N2O3S/c14-5-9(19)6-15-12(18)4-2-10-8(7-16)1-3-11(17)13(10)15/h1,3,5,7,17,19H,2,4,6,14H2/b9-5-. The van der Waals surface area contributed by atoms with Gasteiger partial charge in [0.25, 0.3) is 0 Å². The first-order valence-electron chi connectivity index (χ1n) is 5.78. The average Bonchev–Trinajstić information content (AvgIpc) is 2.42. The number of fused-ring (bicyclic) bond motifs is 1. The van der Waals surface area contributed by atoms with Crippen LogP contribution in [-0.4, -0.2) is 23.8 Å². The summed E-state index contributed by atoms with van der Waals surface area (Å²) in [6.45, 7) is 0.182. The summed E-state index contributed by atoms with van der Waals surface area (Å²) in [6.07, 6.45) is 2.77. The van der Waals surface area contributed by atoms with Gasteiger partial charge in [-0.3, -0.25) is 9.59 Å². The zero-order chi connectivity index (χ0) is 14.0. The minimum absolute atomic E-state index is 0.0215. The molecule has 0 unspecified atom stereocenters. The Bertz CT molecular complexity index is 569. The Hall–Kier alpha value is -1.95. The first kappa shape index (κ1) is 13.5. The molecule has 0 aromatic heterocycles. The van der Waals surface area contributed by atoms with Crippen LogP contribution in [0.1, 0.15) is 22.3 Å². The number of carbonyl (C=O) groups excluding carboxylic acids is 2. The van der Waals surface area contributed by atoms with Crippen LogP contribution in [0.3, 0.4) is 0 Å². The van der Waals surface area contributed by atoms with E-state index >= 15 is 0 Å². The number of amides is 1. The van der Waals surface area contributed by atoms with Gasteiger partial charge in [-0.1, -0.05) is 0 Å². The number of benzene rings is 1. The van der Waals surface area contributed by atoms with Crippen molar-refractivity contribution in [3.63, 3.8) is 0 Å². The minimum Gasteiger partial charge on any atom is -0.506 e. The SMILES string of the molecule is N/C=C(\S)CN1C(=O)CCc2c(C=O)ccc(O)c21. The summed E-state index contributed by atoms with van der Waals surface area (Å²) in [6, 6.07) is 2.97. The molecule has 0 saturated carbocycles. The Balaban J connectivity index is 2.54. The summed E-state index contributed by atoms with van der Waals surface area (Å²) in [7, 11) is 0. The molecule has 1 aliphatic heterocycles. The van der Waals surface area contributed by atoms with Crippen molar-refractivity contribution in [2.24, 2.45) is 5.73 Å². The second kappa shape index (κ2) is 5.36. The van der Waals surface area contributed by atoms with Crippen LogP contribution in [0, 0.1) is 0 Å². The van der Waals surface area contributed by atoms with Gasteiger partial charge < -0.3 is 15.7 Å². The van der Waals surface area contributed by atoms with Crippen LogP contribution in [0.25, 0.3) is 0 Å². The van der Waals surface area contributed by atoms with Crippen molar-refractivity contribution in [3.05, 3.63) is 34.4 Å². The zero-order valence-electron chi connectivity index (χ0n) is 10.2. The number of nitrogens with two attached hydrogens (primary N) is 1. The lowest BCUT2D eigenvalue weighted by Crippen LogP contribution is -2.36. The van der Waals surface area contributed by atoms with E-state index in [-0.39, 0.29) is 18.2 Å². The number of thiol groups is 1. The van der Waals surface area contributed by atoms with Gasteiger partial charge in [0.1, 0.15) is 12.0 Å². The highest BCUT2D eigenvalue weighted by Gasteiger charge is 2.28. The van der Waals surface area contributed by atoms with Gasteiger partial charge in [0.2, 0.25) is 5.91 Å². The van der Waals surface area contributed by atoms with E-state index in [1.165, 1.54) is 17.2 Å². The number of rotatable bonds is 3. The monoisotopic (exact) mass is 278 g/mol. The van der Waals surface area contributed by atoms with Gasteiger partial charge >= 0.3 is 0 Å². The molecular weight excluding hydrogens is 264 g/mol. The molecule has 1 aliphatic rings. The molecule has 5 nitrogen and oxygen atoms in total. The topological polar surface area (TPSA) is 83.6 Å². The van der Waals surface area contributed by atoms with Crippen LogP contribution in [0.15, 0.2) is 23.2 Å². The maximum Gasteiger partial charge on any atom is 0.227 e. The predicted octanol–water partition coefficient (Wildman–Crippen LogP) is 1.21. The van der Waals surface area contributed by atoms with E-state index < -0.39 is 0 Å². The highest BCUT2D eigenvalue weighted by molar-refractivity contribution is 7.84. The van der Waals surface area contributed by atoms with Crippen molar-refractivity contribution in [1.82, 2.24) is 0 Å². The summed E-state index contributed by atoms with van der Waals surface area (Å²) >= 11 is 4.15. The fraction of sp³-hybridized carbons (Fsp3) is 0.231. The van der Waals surface area contributed by atoms with E-state index in [4.69, 9.17) is 5.73 Å². The maximum absolute atomic E-state index is 12.0. The summed E-state index contributed by atoms with van der Waals surface area (Å²) in [5.41, 5.74) is 6.91. The lowest BCUT2D eigenvalue weighted by Gasteiger charge is -2.30. The van der Waals surface area contributed by atoms with Crippen molar-refractivity contribution < 1.29 is 14.7 Å². The smallest absolute Gasteiger partial charge is 0.227 e. The molecule has 0 fully saturated rings. The van der Waals surface area contributed by atoms with Crippen LogP contribution in [-0.2, 0) is 11.2 Å². The van der Waals surface area contributed by atoms with Gasteiger partial charge in [0.15, 0.2) is 0 Å². The third-order valence-corrected chi connectivity index (χ3v) is 3.39. The van der Waals surface area contributed by atoms with Gasteiger partial charge in [-0.15, -0.1) is 12.6 Å². The number of phenolic OH excluding ortho intramolecular Hbond substituents is 1. The van der Waals surface area contributed by atoms with Crippen LogP contribution >= 0.6 is 12.6 Å². The van der Waals surface area contributed by atoms with Gasteiger partial charge in [0.05, 0.1) is 12.2 Å². The van der Waals surface area contributed by atoms with Gasteiger partial charge in [-0.2, -0.15) is 0 Å². The number of aldehydes is 1. The Kier molecular flexibility index (Phi) is 3.80. The van der Waals surface area contributed by atoms with E-state index in [1.54, 1.807) is 6.07 Å². The molecule has 1 amide bonds. The third-order valence-electron chi connectivity index (χ3n) is 3.10. The van der Waals surface area contributed by atoms with Crippen molar-refractivity contribution >= 4 is 30.5 Å². The molecule has 0 saturated heterocycles. The second-order valence-corrected chi connectivity index (χ2v) is 4.83. The van der Waals surface area contributed by atoms with Crippen molar-refractivity contribution in [1.29, 1.82) is 0 Å². The number of nitrogens with zero attached hydrogens (tertiary/aromatic N) is 1. The van der Waals surface area contributed by atoms with Crippen LogP contribution in [0.5, 0.6) is 5.75 Å². The maximum atomic E-state index is 12.0. The molecule has 3 N–H and O–H groups in total. The molecule has 1 aromatic carbocycles. The summed E-state index contributed by atoms with van der Waals surface area (Å²) < 4.78 is 0. The molecule has 0 atom stereocenters. The van der Waals surface area contributed by atoms with E-state index in [0.29, 0.717) is 34.6 Å². The number of hydrogen-bond donors (Lipinski definition) is 3. The molecule has 0 radical (unpaired) electrons. The summed E-state index contributed by atoms with van der Waals surface area (Å²) in [5, 5.41) is 9.96. The Labute approximate surface area is 116 Å². The molecule has 1 aromatic rings. The van der Waals surface area contributed by atoms with E-state index in [0.717, 1.165) is 6.29 Å². The fourth-order valence-corrected chi connectivity index (χ4v) is 2.33. The molecule has 1 heterocycles. The van der Waals surface area contributed by atoms with E-state index in [1.807, 2.05) is 0 Å².